The Labute approximate surface area is 119 Å². The van der Waals surface area contributed by atoms with Gasteiger partial charge in [-0.2, -0.15) is 5.26 Å². The van der Waals surface area contributed by atoms with Crippen LogP contribution in [0.3, 0.4) is 0 Å². The highest BCUT2D eigenvalue weighted by atomic mass is 15.1. The number of rotatable bonds is 7. The molecule has 0 aliphatic carbocycles. The van der Waals surface area contributed by atoms with Crippen molar-refractivity contribution in [3.63, 3.8) is 0 Å². The third kappa shape index (κ3) is 6.94. The fourth-order valence-electron chi connectivity index (χ4n) is 3.03. The van der Waals surface area contributed by atoms with Crippen LogP contribution in [-0.4, -0.2) is 30.1 Å². The molecule has 0 aromatic heterocycles. The molecule has 110 valence electrons. The molecule has 1 fully saturated rings. The summed E-state index contributed by atoms with van der Waals surface area (Å²) in [5.74, 6) is 0.959. The Balaban J connectivity index is 2.15. The van der Waals surface area contributed by atoms with Gasteiger partial charge < -0.3 is 10.6 Å². The van der Waals surface area contributed by atoms with E-state index in [2.05, 4.69) is 17.9 Å². The molecule has 2 atom stereocenters. The summed E-state index contributed by atoms with van der Waals surface area (Å²) in [7, 11) is 0. The summed E-state index contributed by atoms with van der Waals surface area (Å²) in [6.07, 6.45) is 9.94. The maximum absolute atomic E-state index is 8.87. The van der Waals surface area contributed by atoms with E-state index in [9.17, 15) is 0 Å². The van der Waals surface area contributed by atoms with Crippen molar-refractivity contribution in [3.05, 3.63) is 0 Å². The maximum atomic E-state index is 8.87. The Hall–Kier alpha value is -0.590. The van der Waals surface area contributed by atoms with E-state index in [4.69, 9.17) is 11.0 Å². The smallest absolute Gasteiger partial charge is 0.101 e. The van der Waals surface area contributed by atoms with Crippen LogP contribution in [0.25, 0.3) is 0 Å². The van der Waals surface area contributed by atoms with E-state index in [0.717, 1.165) is 18.8 Å². The summed E-state index contributed by atoms with van der Waals surface area (Å²) in [4.78, 5) is 2.61. The summed E-state index contributed by atoms with van der Waals surface area (Å²) < 4.78 is 0. The van der Waals surface area contributed by atoms with E-state index in [1.54, 1.807) is 0 Å². The standard InChI is InChI=1S/C16H31N3/c1-3-7-15-8-6-12-19(13-9-15)11-5-4-10-16(2,18)14-17/h15H,3-13,18H2,1-2H3. The minimum atomic E-state index is -0.634. The topological polar surface area (TPSA) is 53.0 Å². The highest BCUT2D eigenvalue weighted by Crippen LogP contribution is 2.22. The lowest BCUT2D eigenvalue weighted by Crippen LogP contribution is -2.34. The Morgan fingerprint density at radius 1 is 1.32 bits per heavy atom. The van der Waals surface area contributed by atoms with E-state index in [0.29, 0.717) is 0 Å². The lowest BCUT2D eigenvalue weighted by atomic mass is 9.96. The van der Waals surface area contributed by atoms with Crippen molar-refractivity contribution in [1.82, 2.24) is 4.90 Å². The van der Waals surface area contributed by atoms with E-state index in [-0.39, 0.29) is 0 Å². The largest absolute Gasteiger partial charge is 0.314 e. The quantitative estimate of drug-likeness (QED) is 0.719. The fourth-order valence-corrected chi connectivity index (χ4v) is 3.03. The predicted molar refractivity (Wildman–Crippen MR) is 80.7 cm³/mol. The molecule has 0 amide bonds. The first kappa shape index (κ1) is 16.5. The van der Waals surface area contributed by atoms with Gasteiger partial charge >= 0.3 is 0 Å². The van der Waals surface area contributed by atoms with Crippen LogP contribution in [0.5, 0.6) is 0 Å². The normalized spacial score (nSPS) is 24.4. The molecular weight excluding hydrogens is 234 g/mol. The number of hydrogen-bond donors (Lipinski definition) is 1. The number of likely N-dealkylation sites (tertiary alicyclic amines) is 1. The Morgan fingerprint density at radius 2 is 2.11 bits per heavy atom. The molecule has 1 heterocycles. The molecule has 1 rings (SSSR count). The van der Waals surface area contributed by atoms with Crippen molar-refractivity contribution >= 4 is 0 Å². The summed E-state index contributed by atoms with van der Waals surface area (Å²) in [5.41, 5.74) is 5.20. The van der Waals surface area contributed by atoms with Gasteiger partial charge in [-0.05, 0) is 71.0 Å². The minimum absolute atomic E-state index is 0.634. The van der Waals surface area contributed by atoms with Crippen LogP contribution in [0.2, 0.25) is 0 Å². The zero-order chi connectivity index (χ0) is 14.1. The lowest BCUT2D eigenvalue weighted by molar-refractivity contribution is 0.270. The molecule has 1 saturated heterocycles. The molecule has 2 N–H and O–H groups in total. The minimum Gasteiger partial charge on any atom is -0.314 e. The van der Waals surface area contributed by atoms with Crippen LogP contribution in [-0.2, 0) is 0 Å². The molecule has 1 aliphatic heterocycles. The molecule has 0 bridgehead atoms. The first-order valence-electron chi connectivity index (χ1n) is 8.00. The molecule has 0 spiro atoms. The number of nitrogens with two attached hydrogens (primary N) is 1. The molecule has 2 unspecified atom stereocenters. The molecule has 0 aromatic rings. The van der Waals surface area contributed by atoms with Crippen molar-refractivity contribution in [2.75, 3.05) is 19.6 Å². The summed E-state index contributed by atoms with van der Waals surface area (Å²) >= 11 is 0. The van der Waals surface area contributed by atoms with E-state index < -0.39 is 5.54 Å². The van der Waals surface area contributed by atoms with Gasteiger partial charge in [0.2, 0.25) is 0 Å². The number of nitriles is 1. The van der Waals surface area contributed by atoms with Gasteiger partial charge in [-0.1, -0.05) is 19.8 Å². The van der Waals surface area contributed by atoms with E-state index in [1.807, 2.05) is 6.92 Å². The highest BCUT2D eigenvalue weighted by molar-refractivity contribution is 5.00. The zero-order valence-corrected chi connectivity index (χ0v) is 12.8. The van der Waals surface area contributed by atoms with Gasteiger partial charge in [0.25, 0.3) is 0 Å². The molecule has 0 aromatic carbocycles. The second-order valence-corrected chi connectivity index (χ2v) is 6.41. The molecule has 3 nitrogen and oxygen atoms in total. The van der Waals surface area contributed by atoms with Crippen molar-refractivity contribution in [1.29, 1.82) is 5.26 Å². The predicted octanol–water partition coefficient (Wildman–Crippen LogP) is 3.30. The molecular formula is C16H31N3. The Kier molecular flexibility index (Phi) is 7.41. The summed E-state index contributed by atoms with van der Waals surface area (Å²) in [6.45, 7) is 7.83. The van der Waals surface area contributed by atoms with Crippen molar-refractivity contribution < 1.29 is 0 Å². The van der Waals surface area contributed by atoms with Gasteiger partial charge in [0.1, 0.15) is 5.54 Å². The fraction of sp³-hybridized carbons (Fsp3) is 0.938. The van der Waals surface area contributed by atoms with Crippen LogP contribution in [0, 0.1) is 17.2 Å². The van der Waals surface area contributed by atoms with Crippen molar-refractivity contribution in [2.45, 2.75) is 70.8 Å². The SMILES string of the molecule is CCCC1CCCN(CCCCC(C)(N)C#N)CC1. The van der Waals surface area contributed by atoms with Crippen LogP contribution < -0.4 is 5.73 Å². The van der Waals surface area contributed by atoms with Gasteiger partial charge in [-0.15, -0.1) is 0 Å². The zero-order valence-electron chi connectivity index (χ0n) is 12.8. The highest BCUT2D eigenvalue weighted by Gasteiger charge is 2.18. The van der Waals surface area contributed by atoms with E-state index in [1.165, 1.54) is 58.2 Å². The van der Waals surface area contributed by atoms with Crippen molar-refractivity contribution in [2.24, 2.45) is 11.7 Å². The number of nitrogens with zero attached hydrogens (tertiary/aromatic N) is 2. The van der Waals surface area contributed by atoms with Gasteiger partial charge in [0, 0.05) is 0 Å². The van der Waals surface area contributed by atoms with Crippen LogP contribution in [0.1, 0.15) is 65.2 Å². The average Bonchev–Trinajstić information content (AvgIpc) is 2.61. The van der Waals surface area contributed by atoms with Gasteiger partial charge in [0.15, 0.2) is 0 Å². The average molecular weight is 265 g/mol. The second-order valence-electron chi connectivity index (χ2n) is 6.41. The first-order valence-corrected chi connectivity index (χ1v) is 8.00. The monoisotopic (exact) mass is 265 g/mol. The molecule has 1 aliphatic rings. The molecule has 0 saturated carbocycles. The van der Waals surface area contributed by atoms with Crippen molar-refractivity contribution in [3.8, 4) is 6.07 Å². The lowest BCUT2D eigenvalue weighted by Gasteiger charge is -2.21. The Bertz CT molecular complexity index is 280. The molecule has 0 radical (unpaired) electrons. The van der Waals surface area contributed by atoms with Crippen LogP contribution in [0.15, 0.2) is 0 Å². The molecule has 19 heavy (non-hydrogen) atoms. The van der Waals surface area contributed by atoms with Crippen LogP contribution >= 0.6 is 0 Å². The third-order valence-corrected chi connectivity index (χ3v) is 4.31. The maximum Gasteiger partial charge on any atom is 0.101 e. The second kappa shape index (κ2) is 8.55. The summed E-state index contributed by atoms with van der Waals surface area (Å²) in [5, 5.41) is 8.87. The van der Waals surface area contributed by atoms with E-state index >= 15 is 0 Å². The number of hydrogen-bond acceptors (Lipinski definition) is 3. The third-order valence-electron chi connectivity index (χ3n) is 4.31. The van der Waals surface area contributed by atoms with Crippen LogP contribution in [0.4, 0.5) is 0 Å². The molecule has 3 heteroatoms. The first-order chi connectivity index (χ1) is 9.07. The van der Waals surface area contributed by atoms with Gasteiger partial charge in [-0.3, -0.25) is 0 Å². The summed E-state index contributed by atoms with van der Waals surface area (Å²) in [6, 6.07) is 2.17. The van der Waals surface area contributed by atoms with Gasteiger partial charge in [0.05, 0.1) is 6.07 Å². The number of unbranched alkanes of at least 4 members (excludes halogenated alkanes) is 1. The Morgan fingerprint density at radius 3 is 2.79 bits per heavy atom. The van der Waals surface area contributed by atoms with Gasteiger partial charge in [-0.25, -0.2) is 0 Å².